The van der Waals surface area contributed by atoms with Gasteiger partial charge in [0.05, 0.1) is 16.6 Å². The molecule has 0 aliphatic heterocycles. The second kappa shape index (κ2) is 7.23. The molecule has 5 nitrogen and oxygen atoms in total. The SMILES string of the molecule is C[C@@H](NS(=O)(=O)c1ccc2ccccc2c1)C(=O)Nc1ccccc1F. The summed E-state index contributed by atoms with van der Waals surface area (Å²) in [4.78, 5) is 12.2. The minimum absolute atomic E-state index is 0.00532. The monoisotopic (exact) mass is 372 g/mol. The van der Waals surface area contributed by atoms with Crippen LogP contribution in [0.5, 0.6) is 0 Å². The number of benzene rings is 3. The molecule has 0 aromatic heterocycles. The quantitative estimate of drug-likeness (QED) is 0.722. The van der Waals surface area contributed by atoms with Gasteiger partial charge >= 0.3 is 0 Å². The van der Waals surface area contributed by atoms with E-state index in [0.29, 0.717) is 0 Å². The van der Waals surface area contributed by atoms with Crippen LogP contribution >= 0.6 is 0 Å². The Kier molecular flexibility index (Phi) is 5.01. The number of rotatable bonds is 5. The molecule has 134 valence electrons. The molecule has 0 heterocycles. The molecule has 0 radical (unpaired) electrons. The van der Waals surface area contributed by atoms with Crippen LogP contribution in [-0.4, -0.2) is 20.4 Å². The average Bonchev–Trinajstić information content (AvgIpc) is 2.62. The van der Waals surface area contributed by atoms with Crippen molar-refractivity contribution in [3.63, 3.8) is 0 Å². The third-order valence-electron chi connectivity index (χ3n) is 3.89. The van der Waals surface area contributed by atoms with E-state index >= 15 is 0 Å². The molecular weight excluding hydrogens is 355 g/mol. The van der Waals surface area contributed by atoms with Crippen LogP contribution in [0.1, 0.15) is 6.92 Å². The zero-order valence-electron chi connectivity index (χ0n) is 13.9. The predicted octanol–water partition coefficient (Wildman–Crippen LogP) is 3.28. The molecule has 1 amide bonds. The Balaban J connectivity index is 1.77. The first-order valence-corrected chi connectivity index (χ1v) is 9.42. The number of nitrogens with one attached hydrogen (secondary N) is 2. The highest BCUT2D eigenvalue weighted by atomic mass is 32.2. The fourth-order valence-electron chi connectivity index (χ4n) is 2.49. The van der Waals surface area contributed by atoms with Crippen LogP contribution < -0.4 is 10.0 Å². The van der Waals surface area contributed by atoms with E-state index in [1.54, 1.807) is 18.2 Å². The van der Waals surface area contributed by atoms with Gasteiger partial charge in [0, 0.05) is 0 Å². The highest BCUT2D eigenvalue weighted by molar-refractivity contribution is 7.89. The minimum Gasteiger partial charge on any atom is -0.322 e. The van der Waals surface area contributed by atoms with E-state index in [4.69, 9.17) is 0 Å². The van der Waals surface area contributed by atoms with Crippen molar-refractivity contribution in [1.82, 2.24) is 4.72 Å². The minimum atomic E-state index is -3.90. The summed E-state index contributed by atoms with van der Waals surface area (Å²) in [7, 11) is -3.90. The predicted molar refractivity (Wildman–Crippen MR) is 98.8 cm³/mol. The van der Waals surface area contributed by atoms with Gasteiger partial charge in [-0.25, -0.2) is 12.8 Å². The number of carbonyl (C=O) groups is 1. The van der Waals surface area contributed by atoms with E-state index in [2.05, 4.69) is 10.0 Å². The smallest absolute Gasteiger partial charge is 0.242 e. The molecule has 26 heavy (non-hydrogen) atoms. The Morgan fingerprint density at radius 2 is 1.62 bits per heavy atom. The van der Waals surface area contributed by atoms with E-state index < -0.39 is 27.8 Å². The van der Waals surface area contributed by atoms with Crippen molar-refractivity contribution in [1.29, 1.82) is 0 Å². The number of hydrogen-bond donors (Lipinski definition) is 2. The summed E-state index contributed by atoms with van der Waals surface area (Å²) in [6, 6.07) is 16.7. The number of hydrogen-bond acceptors (Lipinski definition) is 3. The molecule has 0 spiro atoms. The summed E-state index contributed by atoms with van der Waals surface area (Å²) in [5.74, 6) is -1.25. The maximum absolute atomic E-state index is 13.6. The highest BCUT2D eigenvalue weighted by Gasteiger charge is 2.22. The fraction of sp³-hybridized carbons (Fsp3) is 0.105. The summed E-state index contributed by atoms with van der Waals surface area (Å²) in [5, 5.41) is 4.06. The largest absolute Gasteiger partial charge is 0.322 e. The summed E-state index contributed by atoms with van der Waals surface area (Å²) in [5.41, 5.74) is -0.00532. The molecule has 0 aliphatic rings. The molecule has 3 rings (SSSR count). The lowest BCUT2D eigenvalue weighted by atomic mass is 10.1. The summed E-state index contributed by atoms with van der Waals surface area (Å²) in [6.07, 6.45) is 0. The number of carbonyl (C=O) groups excluding carboxylic acids is 1. The van der Waals surface area contributed by atoms with E-state index in [0.717, 1.165) is 10.8 Å². The lowest BCUT2D eigenvalue weighted by Gasteiger charge is -2.15. The molecule has 0 saturated carbocycles. The molecule has 0 aliphatic carbocycles. The Hall–Kier alpha value is -2.77. The highest BCUT2D eigenvalue weighted by Crippen LogP contribution is 2.19. The van der Waals surface area contributed by atoms with E-state index in [1.807, 2.05) is 24.3 Å². The molecule has 3 aromatic carbocycles. The van der Waals surface area contributed by atoms with Crippen molar-refractivity contribution in [3.8, 4) is 0 Å². The van der Waals surface area contributed by atoms with Crippen LogP contribution in [0.2, 0.25) is 0 Å². The second-order valence-corrected chi connectivity index (χ2v) is 7.54. The van der Waals surface area contributed by atoms with Crippen molar-refractivity contribution in [2.75, 3.05) is 5.32 Å². The molecule has 7 heteroatoms. The average molecular weight is 372 g/mol. The van der Waals surface area contributed by atoms with Gasteiger partial charge in [-0.2, -0.15) is 4.72 Å². The molecular formula is C19H17FN2O3S. The summed E-state index contributed by atoms with van der Waals surface area (Å²) in [6.45, 7) is 1.40. The Labute approximate surface area is 150 Å². The third kappa shape index (κ3) is 3.89. The first-order chi connectivity index (χ1) is 12.4. The van der Waals surface area contributed by atoms with Crippen LogP contribution in [-0.2, 0) is 14.8 Å². The van der Waals surface area contributed by atoms with Gasteiger partial charge in [0.25, 0.3) is 0 Å². The van der Waals surface area contributed by atoms with Crippen molar-refractivity contribution >= 4 is 32.4 Å². The lowest BCUT2D eigenvalue weighted by molar-refractivity contribution is -0.117. The van der Waals surface area contributed by atoms with Gasteiger partial charge in [0.15, 0.2) is 0 Å². The number of sulfonamides is 1. The van der Waals surface area contributed by atoms with Crippen molar-refractivity contribution in [3.05, 3.63) is 72.5 Å². The molecule has 1 atom stereocenters. The first-order valence-electron chi connectivity index (χ1n) is 7.93. The number of amides is 1. The standard InChI is InChI=1S/C19H17FN2O3S/c1-13(19(23)21-18-9-5-4-8-17(18)20)22-26(24,25)16-11-10-14-6-2-3-7-15(14)12-16/h2-13,22H,1H3,(H,21,23)/t13-/m1/s1. The molecule has 0 fully saturated rings. The van der Waals surface area contributed by atoms with Gasteiger partial charge in [0.1, 0.15) is 5.82 Å². The van der Waals surface area contributed by atoms with Gasteiger partial charge in [0.2, 0.25) is 15.9 Å². The topological polar surface area (TPSA) is 75.3 Å². The van der Waals surface area contributed by atoms with Gasteiger partial charge in [-0.1, -0.05) is 42.5 Å². The number of para-hydroxylation sites is 1. The van der Waals surface area contributed by atoms with Crippen LogP contribution in [0.15, 0.2) is 71.6 Å². The Morgan fingerprint density at radius 1 is 0.962 bits per heavy atom. The van der Waals surface area contributed by atoms with Crippen LogP contribution in [0.4, 0.5) is 10.1 Å². The zero-order valence-corrected chi connectivity index (χ0v) is 14.8. The van der Waals surface area contributed by atoms with Gasteiger partial charge in [-0.3, -0.25) is 4.79 Å². The van der Waals surface area contributed by atoms with E-state index in [9.17, 15) is 17.6 Å². The summed E-state index contributed by atoms with van der Waals surface area (Å²) >= 11 is 0. The fourth-order valence-corrected chi connectivity index (χ4v) is 3.73. The lowest BCUT2D eigenvalue weighted by Crippen LogP contribution is -2.41. The number of fused-ring (bicyclic) bond motifs is 1. The van der Waals surface area contributed by atoms with Crippen molar-refractivity contribution in [2.24, 2.45) is 0 Å². The third-order valence-corrected chi connectivity index (χ3v) is 5.43. The molecule has 0 saturated heterocycles. The second-order valence-electron chi connectivity index (χ2n) is 5.82. The van der Waals surface area contributed by atoms with Crippen molar-refractivity contribution < 1.29 is 17.6 Å². The maximum Gasteiger partial charge on any atom is 0.242 e. The normalized spacial score (nSPS) is 12.7. The Bertz CT molecular complexity index is 1070. The Morgan fingerprint density at radius 3 is 2.35 bits per heavy atom. The van der Waals surface area contributed by atoms with Gasteiger partial charge < -0.3 is 5.32 Å². The van der Waals surface area contributed by atoms with E-state index in [1.165, 1.54) is 31.2 Å². The maximum atomic E-state index is 13.6. The van der Waals surface area contributed by atoms with Gasteiger partial charge in [-0.15, -0.1) is 0 Å². The van der Waals surface area contributed by atoms with Gasteiger partial charge in [-0.05, 0) is 42.0 Å². The van der Waals surface area contributed by atoms with Crippen LogP contribution in [0.3, 0.4) is 0 Å². The zero-order chi connectivity index (χ0) is 18.7. The number of halogens is 1. The van der Waals surface area contributed by atoms with Crippen LogP contribution in [0, 0.1) is 5.82 Å². The van der Waals surface area contributed by atoms with Crippen molar-refractivity contribution in [2.45, 2.75) is 17.9 Å². The summed E-state index contributed by atoms with van der Waals surface area (Å²) < 4.78 is 41.0. The molecule has 0 bridgehead atoms. The molecule has 2 N–H and O–H groups in total. The first kappa shape index (κ1) is 18.0. The molecule has 3 aromatic rings. The van der Waals surface area contributed by atoms with E-state index in [-0.39, 0.29) is 10.6 Å². The number of anilines is 1. The molecule has 0 unspecified atom stereocenters. The van der Waals surface area contributed by atoms with Crippen LogP contribution in [0.25, 0.3) is 10.8 Å².